The van der Waals surface area contributed by atoms with E-state index in [1.807, 2.05) is 44.4 Å². The average Bonchev–Trinajstić information content (AvgIpc) is 3.23. The molecule has 9 nitrogen and oxygen atoms in total. The molecule has 0 aliphatic heterocycles. The maximum absolute atomic E-state index is 6.49. The van der Waals surface area contributed by atoms with Gasteiger partial charge in [0.1, 0.15) is 34.8 Å². The first kappa shape index (κ1) is 26.8. The van der Waals surface area contributed by atoms with Gasteiger partial charge >= 0.3 is 0 Å². The lowest BCUT2D eigenvalue weighted by atomic mass is 10.2. The van der Waals surface area contributed by atoms with E-state index in [0.717, 1.165) is 10.9 Å². The van der Waals surface area contributed by atoms with Gasteiger partial charge in [0.15, 0.2) is 14.1 Å². The molecule has 0 bridgehead atoms. The highest BCUT2D eigenvalue weighted by Gasteiger charge is 2.37. The van der Waals surface area contributed by atoms with E-state index < -0.39 is 8.32 Å². The standard InChI is InChI=1S/C26H33ClN6O3Si/c1-17(15-34-37(6,7)26(2,3)4)35-19-13-21(27)25(28-14-19)36-18-8-9-22-20(12-18)24(30-16-29-22)31-23-10-11-33(5)32-23/h8-14,16-17H,15H2,1-7H3,(H,29,30,31,32)/t17-/m1/s1. The lowest BCUT2D eigenvalue weighted by Crippen LogP contribution is -2.43. The first-order chi connectivity index (χ1) is 17.4. The number of nitrogens with one attached hydrogen (secondary N) is 1. The van der Waals surface area contributed by atoms with Crippen molar-refractivity contribution in [1.82, 2.24) is 24.7 Å². The number of rotatable bonds is 9. The van der Waals surface area contributed by atoms with Crippen molar-refractivity contribution in [3.63, 3.8) is 0 Å². The molecule has 1 aromatic carbocycles. The highest BCUT2D eigenvalue weighted by atomic mass is 35.5. The number of hydrogen-bond donors (Lipinski definition) is 1. The van der Waals surface area contributed by atoms with E-state index in [2.05, 4.69) is 59.2 Å². The second kappa shape index (κ2) is 10.6. The molecule has 37 heavy (non-hydrogen) atoms. The van der Waals surface area contributed by atoms with Crippen LogP contribution in [0, 0.1) is 0 Å². The number of benzene rings is 1. The van der Waals surface area contributed by atoms with Gasteiger partial charge in [-0.05, 0) is 43.3 Å². The molecule has 196 valence electrons. The summed E-state index contributed by atoms with van der Waals surface area (Å²) in [7, 11) is 0.000638. The van der Waals surface area contributed by atoms with E-state index in [4.69, 9.17) is 25.5 Å². The van der Waals surface area contributed by atoms with E-state index in [-0.39, 0.29) is 17.0 Å². The summed E-state index contributed by atoms with van der Waals surface area (Å²) in [5.74, 6) is 2.67. The van der Waals surface area contributed by atoms with Gasteiger partial charge in [-0.3, -0.25) is 4.68 Å². The van der Waals surface area contributed by atoms with Crippen molar-refractivity contribution in [3.05, 3.63) is 54.1 Å². The third-order valence-electron chi connectivity index (χ3n) is 6.39. The normalized spacial score (nSPS) is 13.0. The molecular weight excluding hydrogens is 508 g/mol. The maximum Gasteiger partial charge on any atom is 0.238 e. The van der Waals surface area contributed by atoms with Crippen LogP contribution in [0.5, 0.6) is 17.4 Å². The summed E-state index contributed by atoms with van der Waals surface area (Å²) in [4.78, 5) is 13.1. The Labute approximate surface area is 223 Å². The highest BCUT2D eigenvalue weighted by molar-refractivity contribution is 6.74. The SMILES string of the molecule is C[C@H](CO[Si](C)(C)C(C)(C)C)Oc1cnc(Oc2ccc3ncnc(Nc4ccn(C)n4)c3c2)c(Cl)c1. The second-order valence-electron chi connectivity index (χ2n) is 10.5. The van der Waals surface area contributed by atoms with Gasteiger partial charge in [0.05, 0.1) is 18.3 Å². The number of aromatic nitrogens is 5. The van der Waals surface area contributed by atoms with Crippen LogP contribution in [0.4, 0.5) is 11.6 Å². The fourth-order valence-corrected chi connectivity index (χ4v) is 4.55. The predicted molar refractivity (Wildman–Crippen MR) is 149 cm³/mol. The molecule has 0 saturated heterocycles. The number of fused-ring (bicyclic) bond motifs is 1. The van der Waals surface area contributed by atoms with Crippen molar-refractivity contribution in [2.45, 2.75) is 51.9 Å². The number of anilines is 2. The van der Waals surface area contributed by atoms with Crippen molar-refractivity contribution in [1.29, 1.82) is 0 Å². The van der Waals surface area contributed by atoms with Crippen LogP contribution < -0.4 is 14.8 Å². The molecule has 1 atom stereocenters. The lowest BCUT2D eigenvalue weighted by Gasteiger charge is -2.36. The molecule has 0 fully saturated rings. The monoisotopic (exact) mass is 540 g/mol. The topological polar surface area (TPSA) is 96.2 Å². The molecule has 0 aliphatic carbocycles. The van der Waals surface area contributed by atoms with Gasteiger partial charge in [0.2, 0.25) is 5.88 Å². The van der Waals surface area contributed by atoms with Crippen LogP contribution in [0.15, 0.2) is 49.1 Å². The Bertz CT molecular complexity index is 1390. The molecule has 1 N–H and O–H groups in total. The number of pyridine rings is 1. The number of ether oxygens (including phenoxy) is 2. The minimum absolute atomic E-state index is 0.140. The molecule has 3 aromatic heterocycles. The summed E-state index contributed by atoms with van der Waals surface area (Å²) in [6.07, 6.45) is 4.80. The largest absolute Gasteiger partial charge is 0.487 e. The minimum Gasteiger partial charge on any atom is -0.487 e. The number of hydrogen-bond acceptors (Lipinski definition) is 8. The van der Waals surface area contributed by atoms with E-state index in [1.54, 1.807) is 16.9 Å². The first-order valence-electron chi connectivity index (χ1n) is 12.1. The number of halogens is 1. The maximum atomic E-state index is 6.49. The van der Waals surface area contributed by atoms with Crippen molar-refractivity contribution < 1.29 is 13.9 Å². The van der Waals surface area contributed by atoms with E-state index >= 15 is 0 Å². The zero-order valence-corrected chi connectivity index (χ0v) is 24.0. The number of nitrogens with zero attached hydrogens (tertiary/aromatic N) is 5. The average molecular weight is 541 g/mol. The van der Waals surface area contributed by atoms with Gasteiger partial charge in [0, 0.05) is 30.8 Å². The Morgan fingerprint density at radius 3 is 2.54 bits per heavy atom. The van der Waals surface area contributed by atoms with Crippen molar-refractivity contribution >= 4 is 42.5 Å². The number of aryl methyl sites for hydroxylation is 1. The van der Waals surface area contributed by atoms with Crippen LogP contribution in [0.2, 0.25) is 23.2 Å². The molecule has 0 unspecified atom stereocenters. The van der Waals surface area contributed by atoms with Crippen LogP contribution in [0.25, 0.3) is 10.9 Å². The Morgan fingerprint density at radius 1 is 1.08 bits per heavy atom. The van der Waals surface area contributed by atoms with Gasteiger partial charge in [-0.2, -0.15) is 5.10 Å². The Kier molecular flexibility index (Phi) is 7.72. The van der Waals surface area contributed by atoms with Crippen LogP contribution in [0.3, 0.4) is 0 Å². The van der Waals surface area contributed by atoms with Gasteiger partial charge in [-0.1, -0.05) is 32.4 Å². The van der Waals surface area contributed by atoms with Crippen molar-refractivity contribution in [2.24, 2.45) is 7.05 Å². The summed E-state index contributed by atoms with van der Waals surface area (Å²) in [5.41, 5.74) is 0.762. The third kappa shape index (κ3) is 6.57. The summed E-state index contributed by atoms with van der Waals surface area (Å²) >= 11 is 6.49. The Hall–Kier alpha value is -3.21. The predicted octanol–water partition coefficient (Wildman–Crippen LogP) is 6.74. The van der Waals surface area contributed by atoms with Crippen molar-refractivity contribution in [3.8, 4) is 17.4 Å². The van der Waals surface area contributed by atoms with Crippen LogP contribution >= 0.6 is 11.6 Å². The highest BCUT2D eigenvalue weighted by Crippen LogP contribution is 2.37. The summed E-state index contributed by atoms with van der Waals surface area (Å²) in [5, 5.41) is 8.82. The van der Waals surface area contributed by atoms with Crippen LogP contribution in [-0.4, -0.2) is 45.8 Å². The molecule has 4 aromatic rings. The van der Waals surface area contributed by atoms with Gasteiger partial charge in [0.25, 0.3) is 0 Å². The van der Waals surface area contributed by atoms with E-state index in [9.17, 15) is 0 Å². The molecule has 0 amide bonds. The minimum atomic E-state index is -1.85. The summed E-state index contributed by atoms with van der Waals surface area (Å²) < 4.78 is 20.0. The van der Waals surface area contributed by atoms with Crippen LogP contribution in [-0.2, 0) is 11.5 Å². The summed E-state index contributed by atoms with van der Waals surface area (Å²) in [6, 6.07) is 9.06. The zero-order chi connectivity index (χ0) is 26.8. The smallest absolute Gasteiger partial charge is 0.238 e. The van der Waals surface area contributed by atoms with Crippen molar-refractivity contribution in [2.75, 3.05) is 11.9 Å². The fourth-order valence-electron chi connectivity index (χ4n) is 3.27. The molecular formula is C26H33ClN6O3Si. The molecule has 0 spiro atoms. The first-order valence-corrected chi connectivity index (χ1v) is 15.4. The Balaban J connectivity index is 1.45. The molecule has 0 saturated carbocycles. The molecule has 3 heterocycles. The summed E-state index contributed by atoms with van der Waals surface area (Å²) in [6.45, 7) is 13.6. The van der Waals surface area contributed by atoms with Gasteiger partial charge < -0.3 is 19.2 Å². The quantitative estimate of drug-likeness (QED) is 0.233. The van der Waals surface area contributed by atoms with Gasteiger partial charge in [-0.25, -0.2) is 15.0 Å². The van der Waals surface area contributed by atoms with Crippen LogP contribution in [0.1, 0.15) is 27.7 Å². The lowest BCUT2D eigenvalue weighted by molar-refractivity contribution is 0.133. The van der Waals surface area contributed by atoms with Gasteiger partial charge in [-0.15, -0.1) is 0 Å². The van der Waals surface area contributed by atoms with E-state index in [0.29, 0.717) is 34.8 Å². The Morgan fingerprint density at radius 2 is 1.86 bits per heavy atom. The molecule has 0 aliphatic rings. The fraction of sp³-hybridized carbons (Fsp3) is 0.385. The molecule has 11 heteroatoms. The molecule has 0 radical (unpaired) electrons. The second-order valence-corrected chi connectivity index (χ2v) is 15.7. The van der Waals surface area contributed by atoms with E-state index in [1.165, 1.54) is 6.33 Å². The third-order valence-corrected chi connectivity index (χ3v) is 11.2. The molecule has 4 rings (SSSR count). The zero-order valence-electron chi connectivity index (χ0n) is 22.2.